The fraction of sp³-hybridized carbons (Fsp3) is 0.0141. The second-order valence-corrected chi connectivity index (χ2v) is 19.5. The van der Waals surface area contributed by atoms with Crippen molar-refractivity contribution in [3.63, 3.8) is 0 Å². The lowest BCUT2D eigenvalue weighted by atomic mass is 9.68. The number of hydrogen-bond donors (Lipinski definition) is 0. The minimum absolute atomic E-state index is 0.482. The highest BCUT2D eigenvalue weighted by Gasteiger charge is 2.46. The summed E-state index contributed by atoms with van der Waals surface area (Å²) in [4.78, 5) is 2.40. The lowest BCUT2D eigenvalue weighted by molar-refractivity contribution is 0.670. The first-order valence-corrected chi connectivity index (χ1v) is 25.5. The van der Waals surface area contributed by atoms with Gasteiger partial charge in [-0.25, -0.2) is 0 Å². The monoisotopic (exact) mass is 942 g/mol. The van der Waals surface area contributed by atoms with Gasteiger partial charge in [-0.1, -0.05) is 212 Å². The highest BCUT2D eigenvalue weighted by molar-refractivity contribution is 6.21. The molecule has 3 heteroatoms. The highest BCUT2D eigenvalue weighted by atomic mass is 16.3. The summed E-state index contributed by atoms with van der Waals surface area (Å²) in [5.41, 5.74) is 20.1. The molecule has 0 unspecified atom stereocenters. The van der Waals surface area contributed by atoms with Gasteiger partial charge in [0.2, 0.25) is 0 Å². The number of anilines is 3. The van der Waals surface area contributed by atoms with Gasteiger partial charge in [0.15, 0.2) is 0 Å². The topological polar surface area (TPSA) is 21.3 Å². The van der Waals surface area contributed by atoms with E-state index >= 15 is 0 Å². The molecular weight excluding hydrogens is 897 g/mol. The predicted molar refractivity (Wildman–Crippen MR) is 308 cm³/mol. The Morgan fingerprint density at radius 2 is 0.892 bits per heavy atom. The number of para-hydroxylation sites is 3. The van der Waals surface area contributed by atoms with Gasteiger partial charge >= 0.3 is 0 Å². The molecule has 0 saturated carbocycles. The molecule has 2 aromatic heterocycles. The number of aromatic nitrogens is 1. The number of hydrogen-bond acceptors (Lipinski definition) is 2. The molecule has 0 radical (unpaired) electrons. The smallest absolute Gasteiger partial charge is 0.143 e. The molecule has 14 aromatic rings. The van der Waals surface area contributed by atoms with E-state index in [4.69, 9.17) is 4.42 Å². The lowest BCUT2D eigenvalue weighted by Gasteiger charge is -2.34. The Hall–Kier alpha value is -9.70. The molecule has 0 fully saturated rings. The van der Waals surface area contributed by atoms with E-state index in [1.54, 1.807) is 0 Å². The second-order valence-electron chi connectivity index (χ2n) is 19.5. The normalized spacial score (nSPS) is 12.7. The summed E-state index contributed by atoms with van der Waals surface area (Å²) in [6.45, 7) is 0. The number of fused-ring (bicyclic) bond motifs is 11. The number of nitrogens with zero attached hydrogens (tertiary/aromatic N) is 2. The van der Waals surface area contributed by atoms with E-state index in [0.29, 0.717) is 0 Å². The molecule has 1 aliphatic carbocycles. The minimum atomic E-state index is -0.482. The summed E-state index contributed by atoms with van der Waals surface area (Å²) < 4.78 is 8.92. The van der Waals surface area contributed by atoms with Gasteiger partial charge in [0.1, 0.15) is 11.2 Å². The van der Waals surface area contributed by atoms with Crippen LogP contribution < -0.4 is 4.90 Å². The van der Waals surface area contributed by atoms with Crippen molar-refractivity contribution in [2.75, 3.05) is 4.90 Å². The van der Waals surface area contributed by atoms with E-state index in [0.717, 1.165) is 66.9 Å². The molecule has 0 N–H and O–H groups in total. The SMILES string of the molecule is c1ccc(C2(c3ccccc3)c3ccccc3-c3cc(N(c4ccc(-c5ccc(-n6c7ccccc7c7c8ccccc8ccc76)cc5)cc4)c4ccc(-c5cccc6c5oc5ccccc56)cc4)ccc32)cc1. The third kappa shape index (κ3) is 6.33. The van der Waals surface area contributed by atoms with E-state index in [9.17, 15) is 0 Å². The first-order chi connectivity index (χ1) is 36.7. The van der Waals surface area contributed by atoms with Crippen LogP contribution in [0.15, 0.2) is 283 Å². The molecule has 346 valence electrons. The molecule has 15 rings (SSSR count). The van der Waals surface area contributed by atoms with E-state index in [2.05, 4.69) is 276 Å². The molecular formula is C71H46N2O. The van der Waals surface area contributed by atoms with Crippen LogP contribution in [0.4, 0.5) is 17.1 Å². The largest absolute Gasteiger partial charge is 0.455 e. The lowest BCUT2D eigenvalue weighted by Crippen LogP contribution is -2.28. The van der Waals surface area contributed by atoms with E-state index in [1.807, 2.05) is 12.1 Å². The van der Waals surface area contributed by atoms with Crippen LogP contribution in [0.1, 0.15) is 22.3 Å². The van der Waals surface area contributed by atoms with Gasteiger partial charge in [0.05, 0.1) is 16.4 Å². The van der Waals surface area contributed by atoms with Crippen LogP contribution in [0.2, 0.25) is 0 Å². The van der Waals surface area contributed by atoms with Crippen LogP contribution in [-0.2, 0) is 5.41 Å². The number of rotatable bonds is 8. The van der Waals surface area contributed by atoms with Gasteiger partial charge in [0.25, 0.3) is 0 Å². The summed E-state index contributed by atoms with van der Waals surface area (Å²) >= 11 is 0. The van der Waals surface area contributed by atoms with E-state index < -0.39 is 5.41 Å². The molecule has 1 aliphatic rings. The average molecular weight is 943 g/mol. The van der Waals surface area contributed by atoms with Crippen molar-refractivity contribution in [2.45, 2.75) is 5.41 Å². The summed E-state index contributed by atoms with van der Waals surface area (Å²) in [6.07, 6.45) is 0. The molecule has 2 heterocycles. The van der Waals surface area contributed by atoms with Crippen LogP contribution in [-0.4, -0.2) is 4.57 Å². The van der Waals surface area contributed by atoms with Crippen LogP contribution in [0, 0.1) is 0 Å². The third-order valence-corrected chi connectivity index (χ3v) is 15.7. The zero-order chi connectivity index (χ0) is 48.7. The fourth-order valence-corrected chi connectivity index (χ4v) is 12.4. The maximum Gasteiger partial charge on any atom is 0.143 e. The van der Waals surface area contributed by atoms with E-state index in [-0.39, 0.29) is 0 Å². The molecule has 12 aromatic carbocycles. The van der Waals surface area contributed by atoms with Crippen molar-refractivity contribution in [2.24, 2.45) is 0 Å². The molecule has 3 nitrogen and oxygen atoms in total. The molecule has 0 atom stereocenters. The molecule has 0 saturated heterocycles. The Labute approximate surface area is 429 Å². The van der Waals surface area contributed by atoms with Crippen molar-refractivity contribution in [3.05, 3.63) is 301 Å². The number of furan rings is 1. The number of benzene rings is 12. The first-order valence-electron chi connectivity index (χ1n) is 25.5. The molecule has 74 heavy (non-hydrogen) atoms. The average Bonchev–Trinajstić information content (AvgIpc) is 4.16. The van der Waals surface area contributed by atoms with Crippen molar-refractivity contribution >= 4 is 71.6 Å². The summed E-state index contributed by atoms with van der Waals surface area (Å²) in [6, 6.07) is 102. The van der Waals surface area contributed by atoms with Crippen LogP contribution in [0.25, 0.3) is 93.6 Å². The zero-order valence-corrected chi connectivity index (χ0v) is 40.4. The van der Waals surface area contributed by atoms with Gasteiger partial charge in [-0.2, -0.15) is 0 Å². The van der Waals surface area contributed by atoms with Crippen LogP contribution >= 0.6 is 0 Å². The van der Waals surface area contributed by atoms with Crippen LogP contribution in [0.5, 0.6) is 0 Å². The third-order valence-electron chi connectivity index (χ3n) is 15.7. The van der Waals surface area contributed by atoms with Gasteiger partial charge in [-0.05, 0) is 128 Å². The molecule has 0 bridgehead atoms. The Bertz CT molecular complexity index is 4410. The standard InChI is InChI=1S/C71H46N2O/c1-3-17-51(18-4-1)71(52-19-5-2-6-20-52)64-27-12-9-22-59(64)63-46-56(43-44-65(63)71)72(54-41-34-50(35-42-54)58-25-15-26-61-60-23-11-14-29-68(60)74-70(58)61)53-37-30-47(31-38-53)48-32-39-55(40-33-48)73-66-28-13-10-24-62(66)69-57-21-8-7-16-49(57)36-45-67(69)73/h1-46H. The second kappa shape index (κ2) is 16.7. The fourth-order valence-electron chi connectivity index (χ4n) is 12.4. The first kappa shape index (κ1) is 42.0. The summed E-state index contributed by atoms with van der Waals surface area (Å²) in [7, 11) is 0. The van der Waals surface area contributed by atoms with Crippen molar-refractivity contribution < 1.29 is 4.42 Å². The van der Waals surface area contributed by atoms with E-state index in [1.165, 1.54) is 66.0 Å². The van der Waals surface area contributed by atoms with Gasteiger partial charge < -0.3 is 13.9 Å². The van der Waals surface area contributed by atoms with Crippen LogP contribution in [0.3, 0.4) is 0 Å². The maximum absolute atomic E-state index is 6.52. The Morgan fingerprint density at radius 3 is 1.64 bits per heavy atom. The maximum atomic E-state index is 6.52. The van der Waals surface area contributed by atoms with Crippen molar-refractivity contribution in [1.29, 1.82) is 0 Å². The Balaban J connectivity index is 0.849. The summed E-state index contributed by atoms with van der Waals surface area (Å²) in [5, 5.41) is 7.34. The molecule has 0 spiro atoms. The Kier molecular flexibility index (Phi) is 9.48. The van der Waals surface area contributed by atoms with Crippen molar-refractivity contribution in [3.8, 4) is 39.1 Å². The minimum Gasteiger partial charge on any atom is -0.455 e. The highest BCUT2D eigenvalue weighted by Crippen LogP contribution is 2.57. The van der Waals surface area contributed by atoms with Crippen molar-refractivity contribution in [1.82, 2.24) is 4.57 Å². The quantitative estimate of drug-likeness (QED) is 0.151. The molecule has 0 amide bonds. The van der Waals surface area contributed by atoms with Gasteiger partial charge in [0, 0.05) is 49.9 Å². The predicted octanol–water partition coefficient (Wildman–Crippen LogP) is 19.0. The molecule has 0 aliphatic heterocycles. The summed E-state index contributed by atoms with van der Waals surface area (Å²) in [5.74, 6) is 0. The van der Waals surface area contributed by atoms with Gasteiger partial charge in [-0.3, -0.25) is 0 Å². The Morgan fingerprint density at radius 1 is 0.338 bits per heavy atom. The van der Waals surface area contributed by atoms with Gasteiger partial charge in [-0.15, -0.1) is 0 Å². The zero-order valence-electron chi connectivity index (χ0n) is 40.4.